The molecular formula is C16H26N2. The van der Waals surface area contributed by atoms with E-state index in [2.05, 4.69) is 69.1 Å². The van der Waals surface area contributed by atoms with Crippen molar-refractivity contribution in [3.63, 3.8) is 0 Å². The summed E-state index contributed by atoms with van der Waals surface area (Å²) in [6.45, 7) is 13.5. The number of nitrogens with zero attached hydrogens (tertiary/aromatic N) is 1. The predicted molar refractivity (Wildman–Crippen MR) is 79.4 cm³/mol. The molecule has 1 aliphatic rings. The summed E-state index contributed by atoms with van der Waals surface area (Å²) < 4.78 is 0. The molecule has 1 N–H and O–H groups in total. The first-order valence-corrected chi connectivity index (χ1v) is 6.98. The van der Waals surface area contributed by atoms with E-state index in [4.69, 9.17) is 0 Å². The van der Waals surface area contributed by atoms with Gasteiger partial charge in [-0.2, -0.15) is 0 Å². The lowest BCUT2D eigenvalue weighted by Gasteiger charge is -2.38. The van der Waals surface area contributed by atoms with E-state index < -0.39 is 0 Å². The molecule has 0 radical (unpaired) electrons. The summed E-state index contributed by atoms with van der Waals surface area (Å²) in [4.78, 5) is 2.48. The van der Waals surface area contributed by atoms with Crippen LogP contribution in [0.1, 0.15) is 40.2 Å². The average Bonchev–Trinajstić information content (AvgIpc) is 2.27. The van der Waals surface area contributed by atoms with Gasteiger partial charge >= 0.3 is 0 Å². The van der Waals surface area contributed by atoms with Crippen LogP contribution in [-0.4, -0.2) is 25.2 Å². The van der Waals surface area contributed by atoms with E-state index in [1.165, 1.54) is 11.3 Å². The van der Waals surface area contributed by atoms with Gasteiger partial charge in [-0.1, -0.05) is 32.9 Å². The van der Waals surface area contributed by atoms with Crippen LogP contribution in [0.15, 0.2) is 24.3 Å². The van der Waals surface area contributed by atoms with Crippen molar-refractivity contribution in [1.82, 2.24) is 5.32 Å². The van der Waals surface area contributed by atoms with Gasteiger partial charge in [0.05, 0.1) is 0 Å². The Bertz CT molecular complexity index is 379. The van der Waals surface area contributed by atoms with Crippen LogP contribution in [0.3, 0.4) is 0 Å². The molecule has 2 rings (SSSR count). The fourth-order valence-electron chi connectivity index (χ4n) is 2.71. The number of benzene rings is 1. The summed E-state index contributed by atoms with van der Waals surface area (Å²) in [5.74, 6) is 0. The summed E-state index contributed by atoms with van der Waals surface area (Å²) in [6, 6.07) is 10.2. The number of rotatable bonds is 1. The van der Waals surface area contributed by atoms with Gasteiger partial charge in [-0.15, -0.1) is 0 Å². The first kappa shape index (κ1) is 13.4. The molecule has 2 heteroatoms. The maximum atomic E-state index is 3.57. The van der Waals surface area contributed by atoms with Crippen LogP contribution in [0.5, 0.6) is 0 Å². The standard InChI is InChI=1S/C16H26N2/c1-12-10-18(11-13(2)17-12)15-8-6-14(7-9-15)16(3,4)5/h6-9,12-13,17H,10-11H2,1-5H3. The Morgan fingerprint density at radius 3 is 1.94 bits per heavy atom. The first-order chi connectivity index (χ1) is 8.36. The molecule has 1 aromatic carbocycles. The van der Waals surface area contributed by atoms with Crippen LogP contribution in [0, 0.1) is 0 Å². The maximum absolute atomic E-state index is 3.57. The minimum absolute atomic E-state index is 0.239. The second kappa shape index (κ2) is 4.93. The highest BCUT2D eigenvalue weighted by atomic mass is 15.2. The Hall–Kier alpha value is -1.02. The maximum Gasteiger partial charge on any atom is 0.0367 e. The lowest BCUT2D eigenvalue weighted by molar-refractivity contribution is 0.407. The Morgan fingerprint density at radius 1 is 1.00 bits per heavy atom. The van der Waals surface area contributed by atoms with Crippen molar-refractivity contribution < 1.29 is 0 Å². The van der Waals surface area contributed by atoms with Gasteiger partial charge < -0.3 is 10.2 Å². The normalized spacial score (nSPS) is 25.3. The SMILES string of the molecule is CC1CN(c2ccc(C(C)(C)C)cc2)CC(C)N1. The predicted octanol–water partition coefficient (Wildman–Crippen LogP) is 3.17. The fraction of sp³-hybridized carbons (Fsp3) is 0.625. The third kappa shape index (κ3) is 3.05. The van der Waals surface area contributed by atoms with Crippen molar-refractivity contribution in [2.75, 3.05) is 18.0 Å². The molecule has 0 aromatic heterocycles. The fourth-order valence-corrected chi connectivity index (χ4v) is 2.71. The lowest BCUT2D eigenvalue weighted by Crippen LogP contribution is -2.54. The zero-order valence-electron chi connectivity index (χ0n) is 12.3. The van der Waals surface area contributed by atoms with Gasteiger partial charge in [0, 0.05) is 30.9 Å². The van der Waals surface area contributed by atoms with Gasteiger partial charge in [0.25, 0.3) is 0 Å². The van der Waals surface area contributed by atoms with Crippen LogP contribution in [0.4, 0.5) is 5.69 Å². The van der Waals surface area contributed by atoms with E-state index in [1.807, 2.05) is 0 Å². The van der Waals surface area contributed by atoms with Crippen LogP contribution in [-0.2, 0) is 5.41 Å². The molecule has 2 atom stereocenters. The number of hydrogen-bond acceptors (Lipinski definition) is 2. The molecule has 2 unspecified atom stereocenters. The number of nitrogens with one attached hydrogen (secondary N) is 1. The van der Waals surface area contributed by atoms with Gasteiger partial charge in [0.1, 0.15) is 0 Å². The number of piperazine rings is 1. The second-order valence-corrected chi connectivity index (χ2v) is 6.67. The van der Waals surface area contributed by atoms with Crippen LogP contribution in [0.25, 0.3) is 0 Å². The number of hydrogen-bond donors (Lipinski definition) is 1. The minimum Gasteiger partial charge on any atom is -0.368 e. The van der Waals surface area contributed by atoms with Crippen molar-refractivity contribution in [2.45, 2.75) is 52.1 Å². The molecule has 1 aliphatic heterocycles. The monoisotopic (exact) mass is 246 g/mol. The third-order valence-electron chi connectivity index (χ3n) is 3.66. The molecule has 1 fully saturated rings. The average molecular weight is 246 g/mol. The Balaban J connectivity index is 2.14. The molecule has 1 saturated heterocycles. The van der Waals surface area contributed by atoms with Crippen LogP contribution >= 0.6 is 0 Å². The summed E-state index contributed by atoms with van der Waals surface area (Å²) in [5, 5.41) is 3.57. The van der Waals surface area contributed by atoms with Gasteiger partial charge in [-0.3, -0.25) is 0 Å². The molecule has 1 heterocycles. The van der Waals surface area contributed by atoms with Crippen molar-refractivity contribution in [1.29, 1.82) is 0 Å². The lowest BCUT2D eigenvalue weighted by atomic mass is 9.87. The highest BCUT2D eigenvalue weighted by Crippen LogP contribution is 2.25. The summed E-state index contributed by atoms with van der Waals surface area (Å²) in [6.07, 6.45) is 0. The quantitative estimate of drug-likeness (QED) is 0.819. The van der Waals surface area contributed by atoms with Gasteiger partial charge in [0.2, 0.25) is 0 Å². The molecule has 18 heavy (non-hydrogen) atoms. The summed E-state index contributed by atoms with van der Waals surface area (Å²) >= 11 is 0. The smallest absolute Gasteiger partial charge is 0.0367 e. The van der Waals surface area contributed by atoms with Crippen molar-refractivity contribution in [2.24, 2.45) is 0 Å². The molecule has 0 aliphatic carbocycles. The Labute approximate surface area is 111 Å². The van der Waals surface area contributed by atoms with Crippen LogP contribution in [0.2, 0.25) is 0 Å². The van der Waals surface area contributed by atoms with E-state index in [-0.39, 0.29) is 5.41 Å². The first-order valence-electron chi connectivity index (χ1n) is 6.98. The number of anilines is 1. The second-order valence-electron chi connectivity index (χ2n) is 6.67. The minimum atomic E-state index is 0.239. The summed E-state index contributed by atoms with van der Waals surface area (Å²) in [7, 11) is 0. The van der Waals surface area contributed by atoms with E-state index in [0.29, 0.717) is 12.1 Å². The van der Waals surface area contributed by atoms with E-state index in [1.54, 1.807) is 0 Å². The Kier molecular flexibility index (Phi) is 3.67. The third-order valence-corrected chi connectivity index (χ3v) is 3.66. The molecule has 2 nitrogen and oxygen atoms in total. The zero-order valence-corrected chi connectivity index (χ0v) is 12.3. The largest absolute Gasteiger partial charge is 0.368 e. The van der Waals surface area contributed by atoms with Crippen LogP contribution < -0.4 is 10.2 Å². The van der Waals surface area contributed by atoms with Crippen molar-refractivity contribution in [3.8, 4) is 0 Å². The van der Waals surface area contributed by atoms with E-state index in [0.717, 1.165) is 13.1 Å². The van der Waals surface area contributed by atoms with Crippen molar-refractivity contribution in [3.05, 3.63) is 29.8 Å². The zero-order chi connectivity index (χ0) is 13.3. The molecule has 0 spiro atoms. The molecule has 100 valence electrons. The molecule has 0 saturated carbocycles. The topological polar surface area (TPSA) is 15.3 Å². The van der Waals surface area contributed by atoms with Crippen molar-refractivity contribution >= 4 is 5.69 Å². The van der Waals surface area contributed by atoms with E-state index in [9.17, 15) is 0 Å². The molecule has 1 aromatic rings. The van der Waals surface area contributed by atoms with Gasteiger partial charge in [0.15, 0.2) is 0 Å². The highest BCUT2D eigenvalue weighted by Gasteiger charge is 2.21. The highest BCUT2D eigenvalue weighted by molar-refractivity contribution is 5.49. The van der Waals surface area contributed by atoms with Gasteiger partial charge in [-0.25, -0.2) is 0 Å². The van der Waals surface area contributed by atoms with E-state index >= 15 is 0 Å². The Morgan fingerprint density at radius 2 is 1.50 bits per heavy atom. The molecule has 0 bridgehead atoms. The summed E-state index contributed by atoms with van der Waals surface area (Å²) in [5.41, 5.74) is 2.99. The molecular weight excluding hydrogens is 220 g/mol. The van der Waals surface area contributed by atoms with Gasteiger partial charge in [-0.05, 0) is 37.0 Å². The molecule has 0 amide bonds.